The second kappa shape index (κ2) is 7.00. The quantitative estimate of drug-likeness (QED) is 0.721. The van der Waals surface area contributed by atoms with Crippen LogP contribution in [0.5, 0.6) is 0 Å². The van der Waals surface area contributed by atoms with Crippen molar-refractivity contribution in [1.82, 2.24) is 5.32 Å². The fraction of sp³-hybridized carbons (Fsp3) is 0.929. The normalized spacial score (nSPS) is 12.6. The van der Waals surface area contributed by atoms with E-state index in [0.717, 1.165) is 25.7 Å². The van der Waals surface area contributed by atoms with E-state index in [4.69, 9.17) is 5.73 Å². The topological polar surface area (TPSA) is 55.1 Å². The van der Waals surface area contributed by atoms with Gasteiger partial charge in [0.2, 0.25) is 5.91 Å². The predicted octanol–water partition coefficient (Wildman–Crippen LogP) is 2.84. The SMILES string of the molecule is CCC(N)(CC)CNC(=O)CCCC(C)(C)C. The molecule has 0 bridgehead atoms. The first-order chi connectivity index (χ1) is 7.72. The molecule has 0 saturated carbocycles. The van der Waals surface area contributed by atoms with Crippen LogP contribution in [0.2, 0.25) is 0 Å². The van der Waals surface area contributed by atoms with Crippen LogP contribution in [0.3, 0.4) is 0 Å². The van der Waals surface area contributed by atoms with Gasteiger partial charge in [-0.25, -0.2) is 0 Å². The molecule has 0 heterocycles. The third-order valence-electron chi connectivity index (χ3n) is 3.38. The number of rotatable bonds is 7. The summed E-state index contributed by atoms with van der Waals surface area (Å²) in [7, 11) is 0. The highest BCUT2D eigenvalue weighted by molar-refractivity contribution is 5.75. The molecule has 1 amide bonds. The van der Waals surface area contributed by atoms with E-state index in [0.29, 0.717) is 18.4 Å². The van der Waals surface area contributed by atoms with Gasteiger partial charge >= 0.3 is 0 Å². The van der Waals surface area contributed by atoms with Gasteiger partial charge in [-0.2, -0.15) is 0 Å². The third kappa shape index (κ3) is 8.19. The molecule has 0 rings (SSSR count). The van der Waals surface area contributed by atoms with E-state index < -0.39 is 0 Å². The second-order valence-electron chi connectivity index (χ2n) is 6.26. The summed E-state index contributed by atoms with van der Waals surface area (Å²) in [4.78, 5) is 11.6. The van der Waals surface area contributed by atoms with Gasteiger partial charge in [0.15, 0.2) is 0 Å². The molecule has 0 atom stereocenters. The number of carbonyl (C=O) groups is 1. The highest BCUT2D eigenvalue weighted by Crippen LogP contribution is 2.21. The number of hydrogen-bond acceptors (Lipinski definition) is 2. The first-order valence-electron chi connectivity index (χ1n) is 6.78. The van der Waals surface area contributed by atoms with Gasteiger partial charge in [-0.3, -0.25) is 4.79 Å². The van der Waals surface area contributed by atoms with Gasteiger partial charge in [0.1, 0.15) is 0 Å². The largest absolute Gasteiger partial charge is 0.354 e. The Morgan fingerprint density at radius 1 is 1.18 bits per heavy atom. The molecular formula is C14H30N2O. The first kappa shape index (κ1) is 16.4. The van der Waals surface area contributed by atoms with Gasteiger partial charge in [-0.15, -0.1) is 0 Å². The minimum absolute atomic E-state index is 0.131. The zero-order valence-corrected chi connectivity index (χ0v) is 12.2. The van der Waals surface area contributed by atoms with E-state index in [-0.39, 0.29) is 11.4 Å². The molecule has 102 valence electrons. The molecule has 0 aliphatic heterocycles. The van der Waals surface area contributed by atoms with Crippen molar-refractivity contribution in [2.75, 3.05) is 6.54 Å². The minimum Gasteiger partial charge on any atom is -0.354 e. The Morgan fingerprint density at radius 2 is 1.71 bits per heavy atom. The van der Waals surface area contributed by atoms with Crippen molar-refractivity contribution in [2.24, 2.45) is 11.1 Å². The molecule has 0 spiro atoms. The van der Waals surface area contributed by atoms with Crippen molar-refractivity contribution < 1.29 is 4.79 Å². The van der Waals surface area contributed by atoms with Crippen LogP contribution in [0.4, 0.5) is 0 Å². The lowest BCUT2D eigenvalue weighted by atomic mass is 9.90. The van der Waals surface area contributed by atoms with Crippen LogP contribution in [0.1, 0.15) is 66.7 Å². The van der Waals surface area contributed by atoms with E-state index in [2.05, 4.69) is 39.9 Å². The number of amides is 1. The Labute approximate surface area is 107 Å². The predicted molar refractivity (Wildman–Crippen MR) is 73.8 cm³/mol. The lowest BCUT2D eigenvalue weighted by molar-refractivity contribution is -0.121. The van der Waals surface area contributed by atoms with Gasteiger partial charge in [0.05, 0.1) is 0 Å². The summed E-state index contributed by atoms with van der Waals surface area (Å²) < 4.78 is 0. The van der Waals surface area contributed by atoms with Gasteiger partial charge in [-0.1, -0.05) is 34.6 Å². The number of carbonyl (C=O) groups excluding carboxylic acids is 1. The number of nitrogens with one attached hydrogen (secondary N) is 1. The molecule has 0 aromatic rings. The van der Waals surface area contributed by atoms with Gasteiger partial charge < -0.3 is 11.1 Å². The third-order valence-corrected chi connectivity index (χ3v) is 3.38. The molecule has 3 N–H and O–H groups in total. The molecule has 0 saturated heterocycles. The Balaban J connectivity index is 3.81. The van der Waals surface area contributed by atoms with Crippen molar-refractivity contribution in [1.29, 1.82) is 0 Å². The van der Waals surface area contributed by atoms with Crippen LogP contribution in [-0.4, -0.2) is 18.0 Å². The maximum absolute atomic E-state index is 11.6. The second-order valence-corrected chi connectivity index (χ2v) is 6.26. The van der Waals surface area contributed by atoms with E-state index in [1.807, 2.05) is 0 Å². The van der Waals surface area contributed by atoms with Crippen LogP contribution in [0.25, 0.3) is 0 Å². The minimum atomic E-state index is -0.236. The van der Waals surface area contributed by atoms with Gasteiger partial charge in [0, 0.05) is 18.5 Å². The van der Waals surface area contributed by atoms with Crippen LogP contribution >= 0.6 is 0 Å². The maximum atomic E-state index is 11.6. The van der Waals surface area contributed by atoms with Gasteiger partial charge in [0.25, 0.3) is 0 Å². The van der Waals surface area contributed by atoms with Crippen LogP contribution in [0, 0.1) is 5.41 Å². The average Bonchev–Trinajstić information content (AvgIpc) is 2.24. The Morgan fingerprint density at radius 3 is 2.12 bits per heavy atom. The van der Waals surface area contributed by atoms with Crippen LogP contribution < -0.4 is 11.1 Å². The lowest BCUT2D eigenvalue weighted by Gasteiger charge is -2.27. The molecule has 0 unspecified atom stereocenters. The van der Waals surface area contributed by atoms with Crippen molar-refractivity contribution >= 4 is 5.91 Å². The monoisotopic (exact) mass is 242 g/mol. The summed E-state index contributed by atoms with van der Waals surface area (Å²) in [5.41, 5.74) is 6.20. The molecule has 3 heteroatoms. The summed E-state index contributed by atoms with van der Waals surface area (Å²) in [6.07, 6.45) is 4.43. The van der Waals surface area contributed by atoms with Crippen molar-refractivity contribution in [2.45, 2.75) is 72.3 Å². The molecule has 0 radical (unpaired) electrons. The molecule has 0 aliphatic rings. The van der Waals surface area contributed by atoms with Gasteiger partial charge in [-0.05, 0) is 31.1 Å². The van der Waals surface area contributed by atoms with E-state index in [1.54, 1.807) is 0 Å². The van der Waals surface area contributed by atoms with Crippen molar-refractivity contribution in [3.05, 3.63) is 0 Å². The molecule has 0 aliphatic carbocycles. The molecule has 0 aromatic heterocycles. The lowest BCUT2D eigenvalue weighted by Crippen LogP contribution is -2.49. The molecular weight excluding hydrogens is 212 g/mol. The maximum Gasteiger partial charge on any atom is 0.220 e. The summed E-state index contributed by atoms with van der Waals surface area (Å²) in [6, 6.07) is 0. The zero-order valence-electron chi connectivity index (χ0n) is 12.2. The smallest absolute Gasteiger partial charge is 0.220 e. The van der Waals surface area contributed by atoms with Crippen LogP contribution in [0.15, 0.2) is 0 Å². The van der Waals surface area contributed by atoms with E-state index >= 15 is 0 Å². The van der Waals surface area contributed by atoms with Crippen LogP contribution in [-0.2, 0) is 4.79 Å². The molecule has 0 aromatic carbocycles. The van der Waals surface area contributed by atoms with Crippen molar-refractivity contribution in [3.63, 3.8) is 0 Å². The Kier molecular flexibility index (Phi) is 6.76. The average molecular weight is 242 g/mol. The fourth-order valence-electron chi connectivity index (χ4n) is 1.64. The summed E-state index contributed by atoms with van der Waals surface area (Å²) in [5, 5.41) is 2.95. The molecule has 0 fully saturated rings. The molecule has 17 heavy (non-hydrogen) atoms. The number of nitrogens with two attached hydrogens (primary N) is 1. The zero-order chi connectivity index (χ0) is 13.5. The summed E-state index contributed by atoms with van der Waals surface area (Å²) in [5.74, 6) is 0.131. The van der Waals surface area contributed by atoms with E-state index in [9.17, 15) is 4.79 Å². The number of hydrogen-bond donors (Lipinski definition) is 2. The molecule has 3 nitrogen and oxygen atoms in total. The first-order valence-corrected chi connectivity index (χ1v) is 6.78. The summed E-state index contributed by atoms with van der Waals surface area (Å²) in [6.45, 7) is 11.3. The van der Waals surface area contributed by atoms with E-state index in [1.165, 1.54) is 0 Å². The fourth-order valence-corrected chi connectivity index (χ4v) is 1.64. The van der Waals surface area contributed by atoms with Crippen molar-refractivity contribution in [3.8, 4) is 0 Å². The highest BCUT2D eigenvalue weighted by atomic mass is 16.1. The Hall–Kier alpha value is -0.570. The summed E-state index contributed by atoms with van der Waals surface area (Å²) >= 11 is 0. The highest BCUT2D eigenvalue weighted by Gasteiger charge is 2.20. The Bertz CT molecular complexity index is 227. The standard InChI is InChI=1S/C14H30N2O/c1-6-14(15,7-2)11-16-12(17)9-8-10-13(3,4)5/h6-11,15H2,1-5H3,(H,16,17).